The van der Waals surface area contributed by atoms with Crippen LogP contribution in [0.1, 0.15) is 34.3 Å². The van der Waals surface area contributed by atoms with E-state index in [1.807, 2.05) is 42.5 Å². The van der Waals surface area contributed by atoms with Gasteiger partial charge in [0.1, 0.15) is 13.6 Å². The van der Waals surface area contributed by atoms with E-state index in [4.69, 9.17) is 14.9 Å². The average Bonchev–Trinajstić information content (AvgIpc) is 3.80. The van der Waals surface area contributed by atoms with E-state index >= 15 is 0 Å². The first-order valence-electron chi connectivity index (χ1n) is 19.5. The number of hydrogen-bond acceptors (Lipinski definition) is 6. The zero-order valence-corrected chi connectivity index (χ0v) is 33.8. The molecule has 0 saturated heterocycles. The molecule has 0 aliphatic heterocycles. The summed E-state index contributed by atoms with van der Waals surface area (Å²) in [5.41, 5.74) is 8.53. The maximum absolute atomic E-state index is 13.1. The van der Waals surface area contributed by atoms with Gasteiger partial charge in [0.25, 0.3) is 11.4 Å². The first kappa shape index (κ1) is 37.1. The summed E-state index contributed by atoms with van der Waals surface area (Å²) in [5.74, 6) is -0.307. The summed E-state index contributed by atoms with van der Waals surface area (Å²) in [6, 6.07) is 54.0. The van der Waals surface area contributed by atoms with Gasteiger partial charge in [-0.25, -0.2) is 4.79 Å². The minimum absolute atomic E-state index is 0.307. The third-order valence-corrected chi connectivity index (χ3v) is 12.5. The topological polar surface area (TPSA) is 68.6 Å². The van der Waals surface area contributed by atoms with Crippen LogP contribution in [0.5, 0.6) is 0 Å². The van der Waals surface area contributed by atoms with Crippen LogP contribution in [-0.4, -0.2) is 21.7 Å². The molecule has 9 aromatic rings. The number of para-hydroxylation sites is 3. The van der Waals surface area contributed by atoms with Crippen molar-refractivity contribution < 1.29 is 18.7 Å². The van der Waals surface area contributed by atoms with Gasteiger partial charge < -0.3 is 13.9 Å². The maximum atomic E-state index is 13.1. The summed E-state index contributed by atoms with van der Waals surface area (Å²) in [7, 11) is 2.11. The van der Waals surface area contributed by atoms with E-state index < -0.39 is 0 Å². The van der Waals surface area contributed by atoms with Gasteiger partial charge in [0.05, 0.1) is 45.7 Å². The second-order valence-electron chi connectivity index (χ2n) is 14.2. The van der Waals surface area contributed by atoms with E-state index in [0.717, 1.165) is 61.7 Å². The Labute approximate surface area is 344 Å². The number of carbonyl (C=O) groups is 1. The summed E-state index contributed by atoms with van der Waals surface area (Å²) >= 11 is 3.26. The summed E-state index contributed by atoms with van der Waals surface area (Å²) in [6.07, 6.45) is 3.77. The first-order chi connectivity index (χ1) is 28.6. The van der Waals surface area contributed by atoms with Crippen LogP contribution in [-0.2, 0) is 31.4 Å². The van der Waals surface area contributed by atoms with Crippen molar-refractivity contribution in [3.05, 3.63) is 190 Å². The Bertz CT molecular complexity index is 3030. The van der Waals surface area contributed by atoms with Crippen molar-refractivity contribution in [2.45, 2.75) is 32.5 Å². The molecule has 0 N–H and O–H groups in total. The standard InChI is InChI=1S/C48H42N6O2S2/c1-51-39-18-6-5-17-37(39)28-29-40(51)41-19-11-12-30-52(41)31-13-14-32-56-46(55)38-26-24-36(25-27-38)34-54-43-21-8-10-23-45(43)58-48(54)50-49-47-53(33-35-15-3-2-4-16-35)42-20-7-9-22-44(42)57-47/h2-12,15-30H,13-14,31-34H2,1H3/q+2. The maximum Gasteiger partial charge on any atom is 0.338 e. The number of hydrogen-bond donors (Lipinski definition) is 0. The van der Waals surface area contributed by atoms with E-state index in [1.54, 1.807) is 22.7 Å². The van der Waals surface area contributed by atoms with Gasteiger partial charge in [0, 0.05) is 36.1 Å². The summed E-state index contributed by atoms with van der Waals surface area (Å²) in [6.45, 7) is 2.48. The van der Waals surface area contributed by atoms with Gasteiger partial charge in [-0.05, 0) is 72.1 Å². The van der Waals surface area contributed by atoms with Crippen LogP contribution in [0.15, 0.2) is 174 Å². The number of esters is 1. The van der Waals surface area contributed by atoms with E-state index in [1.165, 1.54) is 21.2 Å². The van der Waals surface area contributed by atoms with Crippen LogP contribution in [0.2, 0.25) is 0 Å². The molecule has 4 aromatic heterocycles. The van der Waals surface area contributed by atoms with E-state index in [2.05, 4.69) is 147 Å². The molecule has 58 heavy (non-hydrogen) atoms. The molecule has 0 unspecified atom stereocenters. The summed E-state index contributed by atoms with van der Waals surface area (Å²) in [5, 5.41) is 11.0. The van der Waals surface area contributed by atoms with Gasteiger partial charge >= 0.3 is 5.97 Å². The van der Waals surface area contributed by atoms with Gasteiger partial charge in [-0.3, -0.25) is 0 Å². The van der Waals surface area contributed by atoms with Crippen LogP contribution in [0.3, 0.4) is 0 Å². The number of nitrogens with zero attached hydrogens (tertiary/aromatic N) is 6. The molecule has 4 heterocycles. The van der Waals surface area contributed by atoms with Crippen LogP contribution in [0.4, 0.5) is 0 Å². The van der Waals surface area contributed by atoms with Crippen molar-refractivity contribution in [3.63, 3.8) is 0 Å². The molecule has 0 saturated carbocycles. The molecule has 10 heteroatoms. The highest BCUT2D eigenvalue weighted by Crippen LogP contribution is 2.21. The van der Waals surface area contributed by atoms with Crippen LogP contribution < -0.4 is 18.7 Å². The van der Waals surface area contributed by atoms with Crippen molar-refractivity contribution >= 4 is 60.0 Å². The molecule has 0 spiro atoms. The zero-order chi connectivity index (χ0) is 39.3. The molecule has 0 aliphatic carbocycles. The Morgan fingerprint density at radius 2 is 1.21 bits per heavy atom. The van der Waals surface area contributed by atoms with Crippen molar-refractivity contribution in [2.75, 3.05) is 6.61 Å². The third-order valence-electron chi connectivity index (χ3n) is 10.4. The fourth-order valence-electron chi connectivity index (χ4n) is 7.42. The number of carbonyl (C=O) groups excluding carboxylic acids is 1. The number of ether oxygens (including phenoxy) is 1. The Hall–Kier alpha value is -6.49. The zero-order valence-electron chi connectivity index (χ0n) is 32.1. The molecule has 0 radical (unpaired) electrons. The highest BCUT2D eigenvalue weighted by molar-refractivity contribution is 7.16. The first-order valence-corrected chi connectivity index (χ1v) is 21.1. The molecular formula is C48H42N6O2S2+2. The number of benzene rings is 5. The lowest BCUT2D eigenvalue weighted by Gasteiger charge is -2.08. The predicted octanol–water partition coefficient (Wildman–Crippen LogP) is 8.80. The van der Waals surface area contributed by atoms with Crippen molar-refractivity contribution in [1.29, 1.82) is 0 Å². The Balaban J connectivity index is 0.871. The highest BCUT2D eigenvalue weighted by Gasteiger charge is 2.22. The molecule has 0 atom stereocenters. The molecule has 0 bridgehead atoms. The van der Waals surface area contributed by atoms with Crippen LogP contribution in [0, 0.1) is 0 Å². The number of aryl methyl sites for hydroxylation is 2. The lowest BCUT2D eigenvalue weighted by Crippen LogP contribution is -2.41. The van der Waals surface area contributed by atoms with Crippen molar-refractivity contribution in [1.82, 2.24) is 9.13 Å². The van der Waals surface area contributed by atoms with E-state index in [9.17, 15) is 4.79 Å². The molecule has 8 nitrogen and oxygen atoms in total. The monoisotopic (exact) mass is 798 g/mol. The SMILES string of the molecule is C[n+]1c(-c2cccc[n+]2CCCCOC(=O)c2ccc(Cn3c(=NN=c4sc5ccccc5n4Cc4ccccc4)sc4ccccc43)cc2)ccc2ccccc21. The third kappa shape index (κ3) is 7.89. The Kier molecular flexibility index (Phi) is 10.8. The minimum atomic E-state index is -0.307. The smallest absolute Gasteiger partial charge is 0.338 e. The number of thiazole rings is 2. The summed E-state index contributed by atoms with van der Waals surface area (Å²) < 4.78 is 17.0. The van der Waals surface area contributed by atoms with E-state index in [0.29, 0.717) is 25.3 Å². The quantitative estimate of drug-likeness (QED) is 0.0537. The Morgan fingerprint density at radius 1 is 0.603 bits per heavy atom. The van der Waals surface area contributed by atoms with Crippen molar-refractivity contribution in [3.8, 4) is 11.4 Å². The lowest BCUT2D eigenvalue weighted by atomic mass is 10.1. The number of aromatic nitrogens is 4. The average molecular weight is 799 g/mol. The van der Waals surface area contributed by atoms with E-state index in [-0.39, 0.29) is 5.97 Å². The Morgan fingerprint density at radius 3 is 1.91 bits per heavy atom. The number of pyridine rings is 2. The normalized spacial score (nSPS) is 12.2. The van der Waals surface area contributed by atoms with Crippen LogP contribution in [0.25, 0.3) is 42.7 Å². The van der Waals surface area contributed by atoms with Gasteiger partial charge in [-0.15, -0.1) is 10.2 Å². The molecule has 286 valence electrons. The van der Waals surface area contributed by atoms with Gasteiger partial charge in [-0.1, -0.05) is 102 Å². The molecule has 0 amide bonds. The number of fused-ring (bicyclic) bond motifs is 3. The molecular weight excluding hydrogens is 757 g/mol. The fraction of sp³-hybridized carbons (Fsp3) is 0.146. The second-order valence-corrected chi connectivity index (χ2v) is 16.2. The summed E-state index contributed by atoms with van der Waals surface area (Å²) in [4.78, 5) is 14.7. The molecule has 9 rings (SSSR count). The second kappa shape index (κ2) is 16.9. The lowest BCUT2D eigenvalue weighted by molar-refractivity contribution is -0.699. The molecule has 5 aromatic carbocycles. The molecule has 0 fully saturated rings. The van der Waals surface area contributed by atoms with Crippen molar-refractivity contribution in [2.24, 2.45) is 17.3 Å². The van der Waals surface area contributed by atoms with Gasteiger partial charge in [0.2, 0.25) is 15.1 Å². The predicted molar refractivity (Wildman–Crippen MR) is 232 cm³/mol. The number of unbranched alkanes of at least 4 members (excludes halogenated alkanes) is 1. The van der Waals surface area contributed by atoms with Gasteiger partial charge in [0.15, 0.2) is 6.20 Å². The van der Waals surface area contributed by atoms with Gasteiger partial charge in [-0.2, -0.15) is 9.13 Å². The fourth-order valence-corrected chi connectivity index (χ4v) is 9.38. The largest absolute Gasteiger partial charge is 0.462 e. The van der Waals surface area contributed by atoms with Crippen LogP contribution >= 0.6 is 22.7 Å². The number of rotatable bonds is 12. The minimum Gasteiger partial charge on any atom is -0.462 e. The molecule has 0 aliphatic rings. The highest BCUT2D eigenvalue weighted by atomic mass is 32.1.